The third kappa shape index (κ3) is 1.95. The highest BCUT2D eigenvalue weighted by atomic mass is 19.3. The van der Waals surface area contributed by atoms with Gasteiger partial charge in [0.15, 0.2) is 5.75 Å². The predicted molar refractivity (Wildman–Crippen MR) is 44.6 cm³/mol. The van der Waals surface area contributed by atoms with Gasteiger partial charge in [-0.1, -0.05) is 0 Å². The number of halogens is 2. The van der Waals surface area contributed by atoms with Gasteiger partial charge in [-0.15, -0.1) is 0 Å². The van der Waals surface area contributed by atoms with Crippen LogP contribution in [0.2, 0.25) is 0 Å². The summed E-state index contributed by atoms with van der Waals surface area (Å²) in [5.41, 5.74) is -0.845. The maximum Gasteiger partial charge on any atom is 0.311 e. The van der Waals surface area contributed by atoms with E-state index >= 15 is 0 Å². The van der Waals surface area contributed by atoms with Gasteiger partial charge in [0.1, 0.15) is 0 Å². The fourth-order valence-corrected chi connectivity index (χ4v) is 0.985. The van der Waals surface area contributed by atoms with Gasteiger partial charge in [-0.2, -0.15) is 0 Å². The highest BCUT2D eigenvalue weighted by molar-refractivity contribution is 5.48. The van der Waals surface area contributed by atoms with Crippen molar-refractivity contribution < 1.29 is 18.4 Å². The summed E-state index contributed by atoms with van der Waals surface area (Å²) in [6.07, 6.45) is -2.72. The maximum atomic E-state index is 12.2. The van der Waals surface area contributed by atoms with Crippen LogP contribution < -0.4 is 4.74 Å². The van der Waals surface area contributed by atoms with Gasteiger partial charge in [0.25, 0.3) is 6.43 Å². The summed E-state index contributed by atoms with van der Waals surface area (Å²) in [7, 11) is 1.24. The van der Waals surface area contributed by atoms with Crippen LogP contribution in [-0.2, 0) is 0 Å². The van der Waals surface area contributed by atoms with E-state index in [1.165, 1.54) is 7.11 Å². The first kappa shape index (κ1) is 10.4. The van der Waals surface area contributed by atoms with Gasteiger partial charge in [0.2, 0.25) is 0 Å². The maximum absolute atomic E-state index is 12.2. The van der Waals surface area contributed by atoms with Gasteiger partial charge < -0.3 is 4.74 Å². The lowest BCUT2D eigenvalue weighted by Crippen LogP contribution is -1.95. The highest BCUT2D eigenvalue weighted by Crippen LogP contribution is 2.31. The molecular formula is C8H7F2NO3. The number of alkyl halides is 2. The molecular weight excluding hydrogens is 196 g/mol. The lowest BCUT2D eigenvalue weighted by atomic mass is 10.2. The second-order valence-corrected chi connectivity index (χ2v) is 2.49. The molecule has 1 rings (SSSR count). The number of nitro groups is 1. The zero-order valence-electron chi connectivity index (χ0n) is 7.24. The number of rotatable bonds is 3. The molecule has 14 heavy (non-hydrogen) atoms. The minimum absolute atomic E-state index is 0.0283. The number of nitro benzene ring substituents is 1. The molecule has 0 saturated carbocycles. The summed E-state index contributed by atoms with van der Waals surface area (Å²) in [5, 5.41) is 10.4. The Balaban J connectivity index is 3.21. The molecule has 0 unspecified atom stereocenters. The van der Waals surface area contributed by atoms with Gasteiger partial charge in [-0.25, -0.2) is 8.78 Å². The SMILES string of the molecule is COc1ccc(C(F)F)cc1[N+](=O)[O-]. The Morgan fingerprint density at radius 2 is 2.14 bits per heavy atom. The normalized spacial score (nSPS) is 10.3. The molecule has 0 saturated heterocycles. The van der Waals surface area contributed by atoms with Crippen molar-refractivity contribution in [1.29, 1.82) is 0 Å². The van der Waals surface area contributed by atoms with Crippen molar-refractivity contribution in [3.63, 3.8) is 0 Å². The van der Waals surface area contributed by atoms with Crippen LogP contribution in [0.25, 0.3) is 0 Å². The van der Waals surface area contributed by atoms with Crippen LogP contribution in [0.15, 0.2) is 18.2 Å². The molecule has 0 bridgehead atoms. The van der Waals surface area contributed by atoms with E-state index in [2.05, 4.69) is 4.74 Å². The van der Waals surface area contributed by atoms with Crippen LogP contribution in [-0.4, -0.2) is 12.0 Å². The second-order valence-electron chi connectivity index (χ2n) is 2.49. The molecule has 4 nitrogen and oxygen atoms in total. The van der Waals surface area contributed by atoms with Crippen molar-refractivity contribution in [2.75, 3.05) is 7.11 Å². The van der Waals surface area contributed by atoms with E-state index in [0.717, 1.165) is 18.2 Å². The monoisotopic (exact) mass is 203 g/mol. The Morgan fingerprint density at radius 1 is 1.50 bits per heavy atom. The number of benzene rings is 1. The van der Waals surface area contributed by atoms with Crippen LogP contribution >= 0.6 is 0 Å². The van der Waals surface area contributed by atoms with Gasteiger partial charge in [0, 0.05) is 11.6 Å². The van der Waals surface area contributed by atoms with Crippen molar-refractivity contribution in [3.05, 3.63) is 33.9 Å². The molecule has 0 amide bonds. The Labute approximate surface area is 78.3 Å². The Hall–Kier alpha value is -1.72. The minimum atomic E-state index is -2.72. The molecule has 0 aromatic heterocycles. The van der Waals surface area contributed by atoms with Gasteiger partial charge in [-0.05, 0) is 12.1 Å². The number of hydrogen-bond acceptors (Lipinski definition) is 3. The lowest BCUT2D eigenvalue weighted by molar-refractivity contribution is -0.385. The summed E-state index contributed by atoms with van der Waals surface area (Å²) in [5.74, 6) is -0.0283. The molecule has 1 aromatic rings. The van der Waals surface area contributed by atoms with E-state index in [1.807, 2.05) is 0 Å². The van der Waals surface area contributed by atoms with Crippen molar-refractivity contribution in [2.45, 2.75) is 6.43 Å². The van der Waals surface area contributed by atoms with Gasteiger partial charge in [-0.3, -0.25) is 10.1 Å². The predicted octanol–water partition coefficient (Wildman–Crippen LogP) is 2.54. The summed E-state index contributed by atoms with van der Waals surface area (Å²) in [6, 6.07) is 3.06. The Morgan fingerprint density at radius 3 is 2.57 bits per heavy atom. The average molecular weight is 203 g/mol. The molecule has 6 heteroatoms. The number of nitrogens with zero attached hydrogens (tertiary/aromatic N) is 1. The van der Waals surface area contributed by atoms with Crippen LogP contribution in [0.3, 0.4) is 0 Å². The lowest BCUT2D eigenvalue weighted by Gasteiger charge is -2.03. The number of methoxy groups -OCH3 is 1. The Bertz CT molecular complexity index is 354. The molecule has 0 heterocycles. The smallest absolute Gasteiger partial charge is 0.311 e. The zero-order chi connectivity index (χ0) is 10.7. The molecule has 1 aromatic carbocycles. The molecule has 0 fully saturated rings. The Kier molecular flexibility index (Phi) is 2.95. The summed E-state index contributed by atoms with van der Waals surface area (Å²) in [4.78, 5) is 9.68. The van der Waals surface area contributed by atoms with Crippen molar-refractivity contribution in [3.8, 4) is 5.75 Å². The third-order valence-corrected chi connectivity index (χ3v) is 1.65. The third-order valence-electron chi connectivity index (χ3n) is 1.65. The van der Waals surface area contributed by atoms with E-state index in [0.29, 0.717) is 0 Å². The van der Waals surface area contributed by atoms with E-state index in [-0.39, 0.29) is 5.75 Å². The number of ether oxygens (including phenoxy) is 1. The molecule has 0 spiro atoms. The minimum Gasteiger partial charge on any atom is -0.490 e. The summed E-state index contributed by atoms with van der Waals surface area (Å²) < 4.78 is 29.0. The van der Waals surface area contributed by atoms with E-state index < -0.39 is 22.6 Å². The fourth-order valence-electron chi connectivity index (χ4n) is 0.985. The topological polar surface area (TPSA) is 52.4 Å². The van der Waals surface area contributed by atoms with E-state index in [1.54, 1.807) is 0 Å². The van der Waals surface area contributed by atoms with Crippen molar-refractivity contribution in [1.82, 2.24) is 0 Å². The van der Waals surface area contributed by atoms with Crippen molar-refractivity contribution >= 4 is 5.69 Å². The first-order valence-corrected chi connectivity index (χ1v) is 3.66. The first-order valence-electron chi connectivity index (χ1n) is 3.66. The summed E-state index contributed by atoms with van der Waals surface area (Å²) >= 11 is 0. The molecule has 0 N–H and O–H groups in total. The molecule has 0 aliphatic rings. The molecule has 76 valence electrons. The molecule has 0 atom stereocenters. The second kappa shape index (κ2) is 3.99. The van der Waals surface area contributed by atoms with Crippen LogP contribution in [0.4, 0.5) is 14.5 Å². The molecule has 0 radical (unpaired) electrons. The average Bonchev–Trinajstić information content (AvgIpc) is 2.16. The van der Waals surface area contributed by atoms with E-state index in [9.17, 15) is 18.9 Å². The largest absolute Gasteiger partial charge is 0.490 e. The fraction of sp³-hybridized carbons (Fsp3) is 0.250. The van der Waals surface area contributed by atoms with Crippen LogP contribution in [0, 0.1) is 10.1 Å². The summed E-state index contributed by atoms with van der Waals surface area (Å²) in [6.45, 7) is 0. The standard InChI is InChI=1S/C8H7F2NO3/c1-14-7-3-2-5(8(9)10)4-6(7)11(12)13/h2-4,8H,1H3. The van der Waals surface area contributed by atoms with Crippen LogP contribution in [0.5, 0.6) is 5.75 Å². The van der Waals surface area contributed by atoms with Crippen LogP contribution in [0.1, 0.15) is 12.0 Å². The quantitative estimate of drug-likeness (QED) is 0.560. The number of hydrogen-bond donors (Lipinski definition) is 0. The molecule has 0 aliphatic carbocycles. The van der Waals surface area contributed by atoms with Gasteiger partial charge >= 0.3 is 5.69 Å². The zero-order valence-corrected chi connectivity index (χ0v) is 7.24. The van der Waals surface area contributed by atoms with Gasteiger partial charge in [0.05, 0.1) is 12.0 Å². The highest BCUT2D eigenvalue weighted by Gasteiger charge is 2.18. The molecule has 0 aliphatic heterocycles. The first-order chi connectivity index (χ1) is 6.56. The van der Waals surface area contributed by atoms with E-state index in [4.69, 9.17) is 0 Å². The van der Waals surface area contributed by atoms with Crippen molar-refractivity contribution in [2.24, 2.45) is 0 Å².